The van der Waals surface area contributed by atoms with Gasteiger partial charge in [0.25, 0.3) is 0 Å². The van der Waals surface area contributed by atoms with Crippen LogP contribution in [0, 0.1) is 5.92 Å². The van der Waals surface area contributed by atoms with Crippen LogP contribution in [0.25, 0.3) is 0 Å². The van der Waals surface area contributed by atoms with Gasteiger partial charge in [0.2, 0.25) is 0 Å². The lowest BCUT2D eigenvalue weighted by atomic mass is 9.88. The van der Waals surface area contributed by atoms with Crippen LogP contribution >= 0.6 is 0 Å². The monoisotopic (exact) mass is 247 g/mol. The number of carbonyl (C=O) groups excluding carboxylic acids is 1. The Balaban J connectivity index is 1.77. The van der Waals surface area contributed by atoms with E-state index < -0.39 is 0 Å². The summed E-state index contributed by atoms with van der Waals surface area (Å²) in [7, 11) is 1.58. The van der Waals surface area contributed by atoms with Crippen molar-refractivity contribution in [3.05, 3.63) is 24.0 Å². The molecule has 0 radical (unpaired) electrons. The van der Waals surface area contributed by atoms with Gasteiger partial charge >= 0.3 is 0 Å². The first kappa shape index (κ1) is 11.7. The molecule has 0 amide bonds. The van der Waals surface area contributed by atoms with Crippen molar-refractivity contribution in [3.63, 3.8) is 0 Å². The number of fused-ring (bicyclic) bond motifs is 2. The van der Waals surface area contributed by atoms with Crippen molar-refractivity contribution < 1.29 is 14.3 Å². The number of carbonyl (C=O) groups is 1. The first-order valence-corrected chi connectivity index (χ1v) is 6.45. The fourth-order valence-corrected chi connectivity index (χ4v) is 2.97. The number of nitrogens with zero attached hydrogens (tertiary/aromatic N) is 1. The van der Waals surface area contributed by atoms with E-state index in [0.717, 1.165) is 25.7 Å². The molecule has 0 N–H and O–H groups in total. The van der Waals surface area contributed by atoms with Crippen molar-refractivity contribution >= 4 is 5.78 Å². The highest BCUT2D eigenvalue weighted by molar-refractivity contribution is 5.98. The number of aromatic nitrogens is 1. The van der Waals surface area contributed by atoms with Crippen LogP contribution < -0.4 is 4.74 Å². The van der Waals surface area contributed by atoms with Gasteiger partial charge in [0.05, 0.1) is 25.5 Å². The molecule has 1 aromatic heterocycles. The molecule has 4 heteroatoms. The Bertz CT molecular complexity index is 448. The standard InChI is InChI=1S/C14H17NO3/c1-17-13-6-10(7-15-8-13)14(16)9-4-11-2-3-12(5-9)18-11/h6-9,11-12H,2-5H2,1H3. The van der Waals surface area contributed by atoms with Crippen molar-refractivity contribution in [1.29, 1.82) is 0 Å². The van der Waals surface area contributed by atoms with Crippen LogP contribution in [0.1, 0.15) is 36.0 Å². The van der Waals surface area contributed by atoms with E-state index in [1.165, 1.54) is 0 Å². The molecule has 2 aliphatic heterocycles. The summed E-state index contributed by atoms with van der Waals surface area (Å²) in [6, 6.07) is 1.77. The Morgan fingerprint density at radius 2 is 2.06 bits per heavy atom. The van der Waals surface area contributed by atoms with Crippen molar-refractivity contribution in [2.75, 3.05) is 7.11 Å². The van der Waals surface area contributed by atoms with Crippen LogP contribution in [0.5, 0.6) is 5.75 Å². The number of hydrogen-bond donors (Lipinski definition) is 0. The summed E-state index contributed by atoms with van der Waals surface area (Å²) < 4.78 is 10.9. The van der Waals surface area contributed by atoms with E-state index in [0.29, 0.717) is 11.3 Å². The van der Waals surface area contributed by atoms with Gasteiger partial charge in [-0.1, -0.05) is 0 Å². The number of ketones is 1. The van der Waals surface area contributed by atoms with Crippen LogP contribution in [-0.4, -0.2) is 30.1 Å². The molecule has 0 aromatic carbocycles. The molecule has 0 aliphatic carbocycles. The predicted octanol–water partition coefficient (Wildman–Crippen LogP) is 2.23. The molecule has 3 heterocycles. The molecule has 0 spiro atoms. The summed E-state index contributed by atoms with van der Waals surface area (Å²) in [6.07, 6.45) is 7.73. The first-order chi connectivity index (χ1) is 8.76. The van der Waals surface area contributed by atoms with E-state index in [9.17, 15) is 4.79 Å². The molecule has 96 valence electrons. The Labute approximate surface area is 106 Å². The van der Waals surface area contributed by atoms with Gasteiger partial charge in [-0.3, -0.25) is 9.78 Å². The highest BCUT2D eigenvalue weighted by Gasteiger charge is 2.38. The molecular formula is C14H17NO3. The Hall–Kier alpha value is -1.42. The van der Waals surface area contributed by atoms with Crippen LogP contribution in [0.4, 0.5) is 0 Å². The van der Waals surface area contributed by atoms with Crippen molar-refractivity contribution in [2.45, 2.75) is 37.9 Å². The molecule has 2 aliphatic rings. The maximum atomic E-state index is 12.4. The summed E-state index contributed by atoms with van der Waals surface area (Å²) in [5.41, 5.74) is 0.653. The van der Waals surface area contributed by atoms with E-state index in [1.54, 1.807) is 25.6 Å². The fraction of sp³-hybridized carbons (Fsp3) is 0.571. The second-order valence-electron chi connectivity index (χ2n) is 5.10. The topological polar surface area (TPSA) is 48.4 Å². The number of pyridine rings is 1. The molecule has 2 unspecified atom stereocenters. The van der Waals surface area contributed by atoms with Crippen LogP contribution in [0.15, 0.2) is 18.5 Å². The molecule has 0 saturated carbocycles. The van der Waals surface area contributed by atoms with Gasteiger partial charge in [0, 0.05) is 17.7 Å². The van der Waals surface area contributed by atoms with E-state index in [4.69, 9.17) is 9.47 Å². The first-order valence-electron chi connectivity index (χ1n) is 6.45. The summed E-state index contributed by atoms with van der Waals surface area (Å²) in [5.74, 6) is 0.905. The third-order valence-electron chi connectivity index (χ3n) is 3.89. The van der Waals surface area contributed by atoms with Crippen LogP contribution in [0.3, 0.4) is 0 Å². The molecule has 2 bridgehead atoms. The second kappa shape index (κ2) is 4.69. The number of methoxy groups -OCH3 is 1. The smallest absolute Gasteiger partial charge is 0.167 e. The molecule has 1 aromatic rings. The molecule has 2 fully saturated rings. The van der Waals surface area contributed by atoms with E-state index in [-0.39, 0.29) is 23.9 Å². The zero-order valence-corrected chi connectivity index (χ0v) is 10.5. The van der Waals surface area contributed by atoms with E-state index in [2.05, 4.69) is 4.98 Å². The van der Waals surface area contributed by atoms with Crippen LogP contribution in [0.2, 0.25) is 0 Å². The minimum atomic E-state index is 0.0881. The zero-order valence-electron chi connectivity index (χ0n) is 10.5. The number of Topliss-reactive ketones (excluding diaryl/α,β-unsaturated/α-hetero) is 1. The normalized spacial score (nSPS) is 30.2. The van der Waals surface area contributed by atoms with E-state index in [1.807, 2.05) is 0 Å². The average molecular weight is 247 g/mol. The maximum Gasteiger partial charge on any atom is 0.167 e. The summed E-state index contributed by atoms with van der Waals surface area (Å²) >= 11 is 0. The van der Waals surface area contributed by atoms with Gasteiger partial charge < -0.3 is 9.47 Å². The SMILES string of the molecule is COc1cncc(C(=O)C2CC3CCC(C2)O3)c1. The quantitative estimate of drug-likeness (QED) is 0.768. The van der Waals surface area contributed by atoms with Gasteiger partial charge in [0.1, 0.15) is 5.75 Å². The van der Waals surface area contributed by atoms with Crippen molar-refractivity contribution in [1.82, 2.24) is 4.98 Å². The highest BCUT2D eigenvalue weighted by atomic mass is 16.5. The number of rotatable bonds is 3. The second-order valence-corrected chi connectivity index (χ2v) is 5.10. The largest absolute Gasteiger partial charge is 0.495 e. The fourth-order valence-electron chi connectivity index (χ4n) is 2.97. The lowest BCUT2D eigenvalue weighted by molar-refractivity contribution is -0.0149. The number of ether oxygens (including phenoxy) is 2. The molecule has 2 atom stereocenters. The van der Waals surface area contributed by atoms with E-state index >= 15 is 0 Å². The molecule has 18 heavy (non-hydrogen) atoms. The maximum absolute atomic E-state index is 12.4. The summed E-state index contributed by atoms with van der Waals surface area (Å²) in [4.78, 5) is 16.5. The molecule has 3 rings (SSSR count). The lowest BCUT2D eigenvalue weighted by Gasteiger charge is -2.27. The van der Waals surface area contributed by atoms with Crippen molar-refractivity contribution in [2.24, 2.45) is 5.92 Å². The minimum Gasteiger partial charge on any atom is -0.495 e. The Kier molecular flexibility index (Phi) is 3.04. The van der Waals surface area contributed by atoms with Gasteiger partial charge in [0.15, 0.2) is 5.78 Å². The lowest BCUT2D eigenvalue weighted by Crippen LogP contribution is -2.30. The van der Waals surface area contributed by atoms with Crippen LogP contribution in [-0.2, 0) is 4.74 Å². The zero-order chi connectivity index (χ0) is 12.5. The molecule has 4 nitrogen and oxygen atoms in total. The van der Waals surface area contributed by atoms with Gasteiger partial charge in [-0.25, -0.2) is 0 Å². The van der Waals surface area contributed by atoms with Gasteiger partial charge in [-0.15, -0.1) is 0 Å². The average Bonchev–Trinajstić information content (AvgIpc) is 2.76. The summed E-state index contributed by atoms with van der Waals surface area (Å²) in [6.45, 7) is 0. The summed E-state index contributed by atoms with van der Waals surface area (Å²) in [5, 5.41) is 0. The Morgan fingerprint density at radius 1 is 1.33 bits per heavy atom. The minimum absolute atomic E-state index is 0.0881. The molecular weight excluding hydrogens is 230 g/mol. The third-order valence-corrected chi connectivity index (χ3v) is 3.89. The van der Waals surface area contributed by atoms with Gasteiger partial charge in [-0.2, -0.15) is 0 Å². The number of hydrogen-bond acceptors (Lipinski definition) is 4. The van der Waals surface area contributed by atoms with Gasteiger partial charge in [-0.05, 0) is 31.7 Å². The third kappa shape index (κ3) is 2.12. The highest BCUT2D eigenvalue weighted by Crippen LogP contribution is 2.37. The molecule has 2 saturated heterocycles. The van der Waals surface area contributed by atoms with Crippen molar-refractivity contribution in [3.8, 4) is 5.75 Å². The predicted molar refractivity (Wildman–Crippen MR) is 65.7 cm³/mol. The Morgan fingerprint density at radius 3 is 2.72 bits per heavy atom.